The number of aliphatic hydroxyl groups excluding tert-OH is 1. The number of carbonyl (C=O) groups excluding carboxylic acids is 1. The molecule has 3 unspecified atom stereocenters. The van der Waals surface area contributed by atoms with Gasteiger partial charge in [-0.3, -0.25) is 0 Å². The van der Waals surface area contributed by atoms with Crippen LogP contribution in [0, 0.1) is 5.92 Å². The Labute approximate surface area is 107 Å². The zero-order valence-corrected chi connectivity index (χ0v) is 10.6. The molecular formula is C14H20N2O2. The van der Waals surface area contributed by atoms with Crippen molar-refractivity contribution in [2.45, 2.75) is 31.8 Å². The highest BCUT2D eigenvalue weighted by molar-refractivity contribution is 5.75. The van der Waals surface area contributed by atoms with E-state index in [1.807, 2.05) is 30.3 Å². The maximum atomic E-state index is 11.7. The molecule has 2 amide bonds. The maximum Gasteiger partial charge on any atom is 0.315 e. The van der Waals surface area contributed by atoms with E-state index in [0.29, 0.717) is 18.4 Å². The lowest BCUT2D eigenvalue weighted by atomic mass is 10.1. The fourth-order valence-electron chi connectivity index (χ4n) is 1.98. The third-order valence-corrected chi connectivity index (χ3v) is 3.31. The average Bonchev–Trinajstić information content (AvgIpc) is 3.05. The summed E-state index contributed by atoms with van der Waals surface area (Å²) in [6, 6.07) is 9.73. The molecule has 0 aliphatic heterocycles. The second kappa shape index (κ2) is 5.87. The second-order valence-corrected chi connectivity index (χ2v) is 5.01. The maximum absolute atomic E-state index is 11.7. The van der Waals surface area contributed by atoms with Crippen molar-refractivity contribution in [3.63, 3.8) is 0 Å². The van der Waals surface area contributed by atoms with Crippen molar-refractivity contribution in [2.24, 2.45) is 5.92 Å². The van der Waals surface area contributed by atoms with Gasteiger partial charge in [0.25, 0.3) is 0 Å². The Morgan fingerprint density at radius 3 is 2.67 bits per heavy atom. The molecule has 4 heteroatoms. The molecule has 18 heavy (non-hydrogen) atoms. The number of hydrogen-bond acceptors (Lipinski definition) is 2. The van der Waals surface area contributed by atoms with Gasteiger partial charge in [-0.1, -0.05) is 37.3 Å². The number of amides is 2. The molecular weight excluding hydrogens is 228 g/mol. The van der Waals surface area contributed by atoms with Gasteiger partial charge in [-0.25, -0.2) is 4.79 Å². The van der Waals surface area contributed by atoms with Crippen molar-refractivity contribution in [3.8, 4) is 0 Å². The van der Waals surface area contributed by atoms with Crippen LogP contribution in [0.3, 0.4) is 0 Å². The van der Waals surface area contributed by atoms with E-state index in [0.717, 1.165) is 12.0 Å². The molecule has 0 spiro atoms. The van der Waals surface area contributed by atoms with Gasteiger partial charge in [0, 0.05) is 6.04 Å². The number of benzene rings is 1. The highest BCUT2D eigenvalue weighted by Crippen LogP contribution is 2.28. The smallest absolute Gasteiger partial charge is 0.315 e. The SMILES string of the molecule is CC1CC1NC(=O)NC(CO)Cc1ccccc1. The van der Waals surface area contributed by atoms with Crippen LogP contribution in [0.1, 0.15) is 18.9 Å². The predicted molar refractivity (Wildman–Crippen MR) is 70.3 cm³/mol. The van der Waals surface area contributed by atoms with Crippen molar-refractivity contribution < 1.29 is 9.90 Å². The highest BCUT2D eigenvalue weighted by atomic mass is 16.3. The quantitative estimate of drug-likeness (QED) is 0.735. The summed E-state index contributed by atoms with van der Waals surface area (Å²) in [5, 5.41) is 15.0. The lowest BCUT2D eigenvalue weighted by molar-refractivity contribution is 0.215. The van der Waals surface area contributed by atoms with Gasteiger partial charge < -0.3 is 15.7 Å². The Hall–Kier alpha value is -1.55. The molecule has 1 aliphatic rings. The Bertz CT molecular complexity index is 394. The minimum Gasteiger partial charge on any atom is -0.394 e. The lowest BCUT2D eigenvalue weighted by Crippen LogP contribution is -2.45. The summed E-state index contributed by atoms with van der Waals surface area (Å²) in [5.74, 6) is 0.581. The minimum atomic E-state index is -0.235. The summed E-state index contributed by atoms with van der Waals surface area (Å²) in [6.45, 7) is 2.06. The number of nitrogens with one attached hydrogen (secondary N) is 2. The molecule has 0 radical (unpaired) electrons. The fourth-order valence-corrected chi connectivity index (χ4v) is 1.98. The van der Waals surface area contributed by atoms with Gasteiger partial charge in [-0.15, -0.1) is 0 Å². The van der Waals surface area contributed by atoms with Gasteiger partial charge in [0.1, 0.15) is 0 Å². The van der Waals surface area contributed by atoms with E-state index in [-0.39, 0.29) is 18.7 Å². The van der Waals surface area contributed by atoms with E-state index in [1.54, 1.807) is 0 Å². The molecule has 1 aromatic rings. The standard InChI is InChI=1S/C14H20N2O2/c1-10-7-13(10)16-14(18)15-12(9-17)8-11-5-3-2-4-6-11/h2-6,10,12-13,17H,7-9H2,1H3,(H2,15,16,18). The number of urea groups is 1. The summed E-state index contributed by atoms with van der Waals surface area (Å²) in [4.78, 5) is 11.7. The first-order valence-corrected chi connectivity index (χ1v) is 6.41. The van der Waals surface area contributed by atoms with E-state index in [9.17, 15) is 9.90 Å². The van der Waals surface area contributed by atoms with Gasteiger partial charge >= 0.3 is 6.03 Å². The van der Waals surface area contributed by atoms with Gasteiger partial charge in [-0.05, 0) is 24.3 Å². The van der Waals surface area contributed by atoms with Crippen molar-refractivity contribution >= 4 is 6.03 Å². The van der Waals surface area contributed by atoms with Gasteiger partial charge in [-0.2, -0.15) is 0 Å². The van der Waals surface area contributed by atoms with Crippen LogP contribution in [0.15, 0.2) is 30.3 Å². The van der Waals surface area contributed by atoms with Crippen LogP contribution in [-0.2, 0) is 6.42 Å². The third kappa shape index (κ3) is 3.74. The first kappa shape index (κ1) is 12.9. The first-order valence-electron chi connectivity index (χ1n) is 6.41. The summed E-state index contributed by atoms with van der Waals surface area (Å²) < 4.78 is 0. The lowest BCUT2D eigenvalue weighted by Gasteiger charge is -2.17. The van der Waals surface area contributed by atoms with Crippen LogP contribution in [0.5, 0.6) is 0 Å². The van der Waals surface area contributed by atoms with E-state index < -0.39 is 0 Å². The largest absolute Gasteiger partial charge is 0.394 e. The molecule has 3 atom stereocenters. The molecule has 0 saturated heterocycles. The number of hydrogen-bond donors (Lipinski definition) is 3. The fraction of sp³-hybridized carbons (Fsp3) is 0.500. The minimum absolute atomic E-state index is 0.0530. The van der Waals surface area contributed by atoms with Gasteiger partial charge in [0.2, 0.25) is 0 Å². The van der Waals surface area contributed by atoms with Crippen LogP contribution in [0.2, 0.25) is 0 Å². The topological polar surface area (TPSA) is 61.4 Å². The Balaban J connectivity index is 1.79. The molecule has 1 fully saturated rings. The summed E-state index contributed by atoms with van der Waals surface area (Å²) in [6.07, 6.45) is 1.70. The Morgan fingerprint density at radius 2 is 2.11 bits per heavy atom. The third-order valence-electron chi connectivity index (χ3n) is 3.31. The highest BCUT2D eigenvalue weighted by Gasteiger charge is 2.34. The van der Waals surface area contributed by atoms with Gasteiger partial charge in [0.15, 0.2) is 0 Å². The van der Waals surface area contributed by atoms with Crippen molar-refractivity contribution in [1.29, 1.82) is 0 Å². The molecule has 1 aliphatic carbocycles. The zero-order valence-electron chi connectivity index (χ0n) is 10.6. The second-order valence-electron chi connectivity index (χ2n) is 5.01. The predicted octanol–water partition coefficient (Wildman–Crippen LogP) is 1.30. The van der Waals surface area contributed by atoms with Gasteiger partial charge in [0.05, 0.1) is 12.6 Å². The monoisotopic (exact) mass is 248 g/mol. The van der Waals surface area contributed by atoms with Crippen molar-refractivity contribution in [2.75, 3.05) is 6.61 Å². The molecule has 4 nitrogen and oxygen atoms in total. The summed E-state index contributed by atoms with van der Waals surface area (Å²) >= 11 is 0. The Morgan fingerprint density at radius 1 is 1.44 bits per heavy atom. The van der Waals surface area contributed by atoms with Crippen LogP contribution in [0.4, 0.5) is 4.79 Å². The van der Waals surface area contributed by atoms with Crippen LogP contribution in [-0.4, -0.2) is 29.8 Å². The average molecular weight is 248 g/mol. The number of carbonyl (C=O) groups is 1. The van der Waals surface area contributed by atoms with Crippen LogP contribution in [0.25, 0.3) is 0 Å². The van der Waals surface area contributed by atoms with E-state index in [2.05, 4.69) is 17.6 Å². The van der Waals surface area contributed by atoms with E-state index in [1.165, 1.54) is 0 Å². The molecule has 0 heterocycles. The number of aliphatic hydroxyl groups is 1. The molecule has 3 N–H and O–H groups in total. The summed E-state index contributed by atoms with van der Waals surface area (Å²) in [7, 11) is 0. The first-order chi connectivity index (χ1) is 8.69. The molecule has 2 rings (SSSR count). The molecule has 98 valence electrons. The van der Waals surface area contributed by atoms with E-state index >= 15 is 0 Å². The zero-order chi connectivity index (χ0) is 13.0. The van der Waals surface area contributed by atoms with Crippen LogP contribution < -0.4 is 10.6 Å². The van der Waals surface area contributed by atoms with Crippen molar-refractivity contribution in [3.05, 3.63) is 35.9 Å². The molecule has 1 saturated carbocycles. The van der Waals surface area contributed by atoms with Crippen molar-refractivity contribution in [1.82, 2.24) is 10.6 Å². The Kier molecular flexibility index (Phi) is 4.20. The number of rotatable bonds is 5. The van der Waals surface area contributed by atoms with Crippen LogP contribution >= 0.6 is 0 Å². The normalized spacial score (nSPS) is 23.2. The summed E-state index contributed by atoms with van der Waals surface area (Å²) in [5.41, 5.74) is 1.11. The molecule has 0 aromatic heterocycles. The molecule has 0 bridgehead atoms. The molecule has 1 aromatic carbocycles. The van der Waals surface area contributed by atoms with E-state index in [4.69, 9.17) is 0 Å².